The summed E-state index contributed by atoms with van der Waals surface area (Å²) in [5.41, 5.74) is 17.1. The molecule has 1 aromatic heterocycles. The number of fused-ring (bicyclic) bond motifs is 3. The maximum Gasteiger partial charge on any atom is 0.188 e. The van der Waals surface area contributed by atoms with E-state index in [-0.39, 0.29) is 10.6 Å². The third-order valence-corrected chi connectivity index (χ3v) is 9.98. The van der Waals surface area contributed by atoms with E-state index in [1.807, 2.05) is 36.4 Å². The molecule has 0 aliphatic carbocycles. The van der Waals surface area contributed by atoms with Crippen LogP contribution in [0.25, 0.3) is 49.9 Å². The number of hydrogen-bond acceptors (Lipinski definition) is 3. The van der Waals surface area contributed by atoms with E-state index in [9.17, 15) is 0 Å². The molecule has 1 fully saturated rings. The quantitative estimate of drug-likeness (QED) is 0.158. The molecule has 5 aromatic carbocycles. The Kier molecular flexibility index (Phi) is 6.21. The SMILES string of the molecule is CC1(C)B(c2cc(C(=N)/C=C(\N)c3cccc(-c4ccc5oc6ccccc6c5c4)c3)ccc2-c2ccccc2)C1(C)C. The first kappa shape index (κ1) is 27.0. The highest BCUT2D eigenvalue weighted by Gasteiger charge is 2.68. The number of nitrogens with one attached hydrogen (secondary N) is 1. The van der Waals surface area contributed by atoms with Crippen LogP contribution in [0.3, 0.4) is 0 Å². The van der Waals surface area contributed by atoms with Gasteiger partial charge in [0.15, 0.2) is 6.71 Å². The molecule has 0 radical (unpaired) electrons. The molecular formula is C39H35BN2O. The fourth-order valence-corrected chi connectivity index (χ4v) is 6.93. The number of furan rings is 1. The highest BCUT2D eigenvalue weighted by atomic mass is 16.3. The van der Waals surface area contributed by atoms with E-state index in [2.05, 4.69) is 107 Å². The number of para-hydroxylation sites is 1. The molecule has 3 N–H and O–H groups in total. The van der Waals surface area contributed by atoms with Gasteiger partial charge in [0.1, 0.15) is 11.2 Å². The number of nitrogens with two attached hydrogens (primary N) is 1. The van der Waals surface area contributed by atoms with Crippen LogP contribution in [0.4, 0.5) is 0 Å². The zero-order valence-electron chi connectivity index (χ0n) is 25.1. The van der Waals surface area contributed by atoms with E-state index in [0.29, 0.717) is 18.1 Å². The van der Waals surface area contributed by atoms with Crippen molar-refractivity contribution in [1.29, 1.82) is 5.41 Å². The Labute approximate surface area is 253 Å². The average molecular weight is 559 g/mol. The molecular weight excluding hydrogens is 523 g/mol. The molecule has 0 unspecified atom stereocenters. The monoisotopic (exact) mass is 558 g/mol. The molecule has 0 saturated carbocycles. The van der Waals surface area contributed by atoms with E-state index >= 15 is 0 Å². The Morgan fingerprint density at radius 1 is 0.651 bits per heavy atom. The van der Waals surface area contributed by atoms with Crippen molar-refractivity contribution in [3.8, 4) is 22.3 Å². The van der Waals surface area contributed by atoms with Crippen LogP contribution in [0.2, 0.25) is 10.6 Å². The van der Waals surface area contributed by atoms with Gasteiger partial charge in [0.25, 0.3) is 0 Å². The van der Waals surface area contributed by atoms with Crippen molar-refractivity contribution in [2.75, 3.05) is 0 Å². The second-order valence-corrected chi connectivity index (χ2v) is 12.9. The first-order valence-corrected chi connectivity index (χ1v) is 14.9. The lowest BCUT2D eigenvalue weighted by atomic mass is 9.51. The van der Waals surface area contributed by atoms with Gasteiger partial charge in [-0.2, -0.15) is 0 Å². The molecule has 0 spiro atoms. The van der Waals surface area contributed by atoms with Crippen LogP contribution < -0.4 is 11.2 Å². The third kappa shape index (κ3) is 4.49. The molecule has 0 atom stereocenters. The fraction of sp³-hybridized carbons (Fsp3) is 0.154. The topological polar surface area (TPSA) is 63.0 Å². The van der Waals surface area contributed by atoms with Gasteiger partial charge in [0.05, 0.1) is 5.71 Å². The van der Waals surface area contributed by atoms with E-state index < -0.39 is 0 Å². The molecule has 43 heavy (non-hydrogen) atoms. The molecule has 4 heteroatoms. The van der Waals surface area contributed by atoms with Crippen molar-refractivity contribution in [2.24, 2.45) is 5.73 Å². The Bertz CT molecular complexity index is 2050. The average Bonchev–Trinajstić information content (AvgIpc) is 3.25. The van der Waals surface area contributed by atoms with Crippen LogP contribution in [0.15, 0.2) is 126 Å². The Morgan fingerprint density at radius 2 is 1.33 bits per heavy atom. The van der Waals surface area contributed by atoms with Crippen molar-refractivity contribution in [3.05, 3.63) is 132 Å². The zero-order chi connectivity index (χ0) is 29.9. The van der Waals surface area contributed by atoms with Gasteiger partial charge in [-0.15, -0.1) is 0 Å². The fourth-order valence-electron chi connectivity index (χ4n) is 6.93. The summed E-state index contributed by atoms with van der Waals surface area (Å²) in [6.07, 6.45) is 1.79. The van der Waals surface area contributed by atoms with Crippen molar-refractivity contribution < 1.29 is 4.42 Å². The Hall–Kier alpha value is -4.83. The minimum Gasteiger partial charge on any atom is -0.456 e. The van der Waals surface area contributed by atoms with Gasteiger partial charge in [-0.25, -0.2) is 0 Å². The molecule has 7 rings (SSSR count). The van der Waals surface area contributed by atoms with Gasteiger partial charge in [-0.05, 0) is 63.7 Å². The van der Waals surface area contributed by atoms with Crippen molar-refractivity contribution in [3.63, 3.8) is 0 Å². The summed E-state index contributed by atoms with van der Waals surface area (Å²) >= 11 is 0. The van der Waals surface area contributed by atoms with E-state index in [1.54, 1.807) is 6.08 Å². The van der Waals surface area contributed by atoms with Crippen LogP contribution in [0.1, 0.15) is 38.8 Å². The first-order valence-electron chi connectivity index (χ1n) is 14.9. The summed E-state index contributed by atoms with van der Waals surface area (Å²) in [6.45, 7) is 9.81. The smallest absolute Gasteiger partial charge is 0.188 e. The number of allylic oxidation sites excluding steroid dienone is 1. The van der Waals surface area contributed by atoms with Crippen molar-refractivity contribution >= 4 is 45.5 Å². The van der Waals surface area contributed by atoms with E-state index in [1.165, 1.54) is 16.6 Å². The van der Waals surface area contributed by atoms with Crippen LogP contribution >= 0.6 is 0 Å². The maximum absolute atomic E-state index is 9.04. The Balaban J connectivity index is 1.22. The van der Waals surface area contributed by atoms with E-state index in [4.69, 9.17) is 15.6 Å². The van der Waals surface area contributed by atoms with Gasteiger partial charge in [-0.1, -0.05) is 135 Å². The van der Waals surface area contributed by atoms with Crippen LogP contribution in [0, 0.1) is 5.41 Å². The Morgan fingerprint density at radius 3 is 2.09 bits per heavy atom. The van der Waals surface area contributed by atoms with E-state index in [0.717, 1.165) is 44.2 Å². The molecule has 1 saturated heterocycles. The standard InChI is InChI=1S/C39H35BN2O/c1-38(2)39(3,4)40(38)33-23-29(17-19-30(33)25-11-6-5-7-12-25)35(42)24-34(41)28-14-10-13-26(21-28)27-18-20-37-32(22-27)31-15-8-9-16-36(31)43-37/h5-24,42H,41H2,1-4H3/b34-24-,42-35?. The maximum atomic E-state index is 9.04. The predicted molar refractivity (Wildman–Crippen MR) is 183 cm³/mol. The normalized spacial score (nSPS) is 15.6. The third-order valence-electron chi connectivity index (χ3n) is 9.98. The molecule has 6 aromatic rings. The number of hydrogen-bond donors (Lipinski definition) is 2. The molecule has 2 heterocycles. The van der Waals surface area contributed by atoms with Gasteiger partial charge in [-0.3, -0.25) is 0 Å². The molecule has 0 amide bonds. The first-order chi connectivity index (χ1) is 20.6. The predicted octanol–water partition coefficient (Wildman–Crippen LogP) is 9.56. The zero-order valence-corrected chi connectivity index (χ0v) is 25.1. The summed E-state index contributed by atoms with van der Waals surface area (Å²) in [4.78, 5) is 0. The number of rotatable bonds is 6. The van der Waals surface area contributed by atoms with Gasteiger partial charge < -0.3 is 15.6 Å². The second kappa shape index (κ2) is 9.88. The summed E-state index contributed by atoms with van der Waals surface area (Å²) in [5.74, 6) is 0. The van der Waals surface area contributed by atoms with Gasteiger partial charge in [0, 0.05) is 16.5 Å². The van der Waals surface area contributed by atoms with Crippen molar-refractivity contribution in [2.45, 2.75) is 38.3 Å². The lowest BCUT2D eigenvalue weighted by Gasteiger charge is -2.14. The molecule has 3 nitrogen and oxygen atoms in total. The lowest BCUT2D eigenvalue weighted by Crippen LogP contribution is -2.24. The minimum atomic E-state index is 0.179. The van der Waals surface area contributed by atoms with Crippen LogP contribution in [-0.2, 0) is 0 Å². The molecule has 210 valence electrons. The van der Waals surface area contributed by atoms with Crippen LogP contribution in [0.5, 0.6) is 0 Å². The van der Waals surface area contributed by atoms with Crippen LogP contribution in [-0.4, -0.2) is 12.4 Å². The number of benzene rings is 5. The molecule has 1 aliphatic rings. The summed E-state index contributed by atoms with van der Waals surface area (Å²) in [7, 11) is 0. The second-order valence-electron chi connectivity index (χ2n) is 12.9. The summed E-state index contributed by atoms with van der Waals surface area (Å²) in [6, 6.07) is 39.7. The summed E-state index contributed by atoms with van der Waals surface area (Å²) in [5, 5.41) is 11.6. The highest BCUT2D eigenvalue weighted by Crippen LogP contribution is 2.73. The molecule has 1 aliphatic heterocycles. The highest BCUT2D eigenvalue weighted by molar-refractivity contribution is 6.90. The summed E-state index contributed by atoms with van der Waals surface area (Å²) < 4.78 is 6.02. The molecule has 0 bridgehead atoms. The van der Waals surface area contributed by atoms with Gasteiger partial charge >= 0.3 is 0 Å². The van der Waals surface area contributed by atoms with Gasteiger partial charge in [0.2, 0.25) is 0 Å². The van der Waals surface area contributed by atoms with Crippen molar-refractivity contribution in [1.82, 2.24) is 0 Å². The minimum absolute atomic E-state index is 0.179. The lowest BCUT2D eigenvalue weighted by molar-refractivity contribution is 0.628. The largest absolute Gasteiger partial charge is 0.456 e.